The molecule has 0 spiro atoms. The molecule has 2 N–H and O–H groups in total. The average Bonchev–Trinajstić information content (AvgIpc) is 2.59. The summed E-state index contributed by atoms with van der Waals surface area (Å²) in [5.41, 5.74) is 7.94. The Morgan fingerprint density at radius 2 is 2.15 bits per heavy atom. The van der Waals surface area contributed by atoms with E-state index in [-0.39, 0.29) is 0 Å². The number of nitrogen functional groups attached to an aromatic ring is 1. The minimum Gasteiger partial charge on any atom is -0.491 e. The first-order chi connectivity index (χ1) is 9.52. The molecule has 1 aliphatic rings. The molecule has 0 amide bonds. The van der Waals surface area contributed by atoms with E-state index in [4.69, 9.17) is 10.5 Å². The van der Waals surface area contributed by atoms with E-state index in [9.17, 15) is 0 Å². The van der Waals surface area contributed by atoms with Gasteiger partial charge in [-0.15, -0.1) is 0 Å². The van der Waals surface area contributed by atoms with Crippen molar-refractivity contribution in [2.24, 2.45) is 0 Å². The normalized spacial score (nSPS) is 18.6. The van der Waals surface area contributed by atoms with Gasteiger partial charge in [0.2, 0.25) is 0 Å². The molecule has 1 aromatic rings. The van der Waals surface area contributed by atoms with Gasteiger partial charge < -0.3 is 15.4 Å². The molecule has 1 saturated heterocycles. The second kappa shape index (κ2) is 6.61. The van der Waals surface area contributed by atoms with Crippen LogP contribution in [-0.2, 0) is 0 Å². The van der Waals surface area contributed by atoms with Crippen LogP contribution in [0.3, 0.4) is 0 Å². The first-order valence-electron chi connectivity index (χ1n) is 7.43. The topological polar surface area (TPSA) is 38.5 Å². The Labute approximate surface area is 126 Å². The molecule has 1 aliphatic heterocycles. The van der Waals surface area contributed by atoms with Gasteiger partial charge in [0.1, 0.15) is 5.75 Å². The lowest BCUT2D eigenvalue weighted by Crippen LogP contribution is -2.26. The average molecular weight is 294 g/mol. The van der Waals surface area contributed by atoms with E-state index in [0.717, 1.165) is 37.6 Å². The predicted molar refractivity (Wildman–Crippen MR) is 90.0 cm³/mol. The van der Waals surface area contributed by atoms with Gasteiger partial charge in [0.05, 0.1) is 12.3 Å². The van der Waals surface area contributed by atoms with Crippen LogP contribution in [-0.4, -0.2) is 30.2 Å². The van der Waals surface area contributed by atoms with Gasteiger partial charge in [0, 0.05) is 35.3 Å². The number of nitrogens with two attached hydrogens (primary N) is 1. The molecule has 0 bridgehead atoms. The molecule has 1 fully saturated rings. The van der Waals surface area contributed by atoms with Crippen molar-refractivity contribution >= 4 is 23.1 Å². The van der Waals surface area contributed by atoms with Crippen LogP contribution in [0, 0.1) is 0 Å². The molecule has 4 heteroatoms. The molecule has 1 heterocycles. The number of benzene rings is 1. The molecule has 3 nitrogen and oxygen atoms in total. The van der Waals surface area contributed by atoms with Gasteiger partial charge in [-0.25, -0.2) is 0 Å². The summed E-state index contributed by atoms with van der Waals surface area (Å²) in [6.07, 6.45) is 2.20. The van der Waals surface area contributed by atoms with Gasteiger partial charge in [0.15, 0.2) is 0 Å². The smallest absolute Gasteiger partial charge is 0.144 e. The lowest BCUT2D eigenvalue weighted by Gasteiger charge is -2.25. The molecule has 0 atom stereocenters. The van der Waals surface area contributed by atoms with Crippen LogP contribution in [0.15, 0.2) is 18.2 Å². The molecule has 0 aromatic heterocycles. The minimum atomic E-state index is 0.379. The Morgan fingerprint density at radius 3 is 2.90 bits per heavy atom. The van der Waals surface area contributed by atoms with Gasteiger partial charge in [-0.2, -0.15) is 11.8 Å². The highest BCUT2D eigenvalue weighted by Crippen LogP contribution is 2.34. The highest BCUT2D eigenvalue weighted by molar-refractivity contribution is 8.00. The van der Waals surface area contributed by atoms with Crippen molar-refractivity contribution in [1.82, 2.24) is 0 Å². The molecule has 0 saturated carbocycles. The molecule has 112 valence electrons. The lowest BCUT2D eigenvalue weighted by atomic mass is 10.1. The molecular weight excluding hydrogens is 268 g/mol. The highest BCUT2D eigenvalue weighted by Gasteiger charge is 2.24. The third-order valence-corrected chi connectivity index (χ3v) is 5.03. The second-order valence-electron chi connectivity index (χ2n) is 5.92. The number of nitrogens with zero attached hydrogens (tertiary/aromatic N) is 1. The summed E-state index contributed by atoms with van der Waals surface area (Å²) in [4.78, 5) is 2.44. The largest absolute Gasteiger partial charge is 0.491 e. The Bertz CT molecular complexity index is 448. The van der Waals surface area contributed by atoms with Crippen molar-refractivity contribution in [2.45, 2.75) is 38.4 Å². The monoisotopic (exact) mass is 294 g/mol. The number of anilines is 2. The van der Waals surface area contributed by atoms with E-state index in [0.29, 0.717) is 4.75 Å². The summed E-state index contributed by atoms with van der Waals surface area (Å²) in [5, 5.41) is 0. The molecular formula is C16H26N2OS. The summed E-state index contributed by atoms with van der Waals surface area (Å²) in [6.45, 7) is 9.67. The summed E-state index contributed by atoms with van der Waals surface area (Å²) in [6, 6.07) is 6.16. The van der Waals surface area contributed by atoms with E-state index in [1.165, 1.54) is 17.9 Å². The molecule has 1 aromatic carbocycles. The predicted octanol–water partition coefficient (Wildman–Crippen LogP) is 3.78. The third kappa shape index (κ3) is 3.98. The fourth-order valence-electron chi connectivity index (χ4n) is 2.34. The molecule has 0 radical (unpaired) electrons. The maximum atomic E-state index is 5.99. The maximum absolute atomic E-state index is 5.99. The maximum Gasteiger partial charge on any atom is 0.144 e. The van der Waals surface area contributed by atoms with Crippen LogP contribution in [0.2, 0.25) is 0 Å². The zero-order valence-electron chi connectivity index (χ0n) is 12.8. The fourth-order valence-corrected chi connectivity index (χ4v) is 3.44. The fraction of sp³-hybridized carbons (Fsp3) is 0.625. The molecule has 2 rings (SSSR count). The van der Waals surface area contributed by atoms with Crippen molar-refractivity contribution in [3.05, 3.63) is 18.2 Å². The van der Waals surface area contributed by atoms with E-state index >= 15 is 0 Å². The van der Waals surface area contributed by atoms with Gasteiger partial charge in [-0.3, -0.25) is 0 Å². The summed E-state index contributed by atoms with van der Waals surface area (Å²) in [7, 11) is 0. The van der Waals surface area contributed by atoms with Gasteiger partial charge in [0.25, 0.3) is 0 Å². The lowest BCUT2D eigenvalue weighted by molar-refractivity contribution is 0.319. The van der Waals surface area contributed by atoms with E-state index in [1.54, 1.807) is 0 Å². The number of thioether (sulfide) groups is 1. The second-order valence-corrected chi connectivity index (χ2v) is 7.72. The van der Waals surface area contributed by atoms with Crippen molar-refractivity contribution in [3.8, 4) is 5.75 Å². The van der Waals surface area contributed by atoms with Crippen LogP contribution < -0.4 is 15.4 Å². The first kappa shape index (κ1) is 15.4. The van der Waals surface area contributed by atoms with Crippen molar-refractivity contribution in [2.75, 3.05) is 36.1 Å². The zero-order chi connectivity index (χ0) is 14.6. The Hall–Kier alpha value is -1.03. The van der Waals surface area contributed by atoms with Crippen LogP contribution in [0.5, 0.6) is 5.75 Å². The minimum absolute atomic E-state index is 0.379. The van der Waals surface area contributed by atoms with Crippen molar-refractivity contribution in [3.63, 3.8) is 0 Å². The zero-order valence-corrected chi connectivity index (χ0v) is 13.6. The first-order valence-corrected chi connectivity index (χ1v) is 8.41. The van der Waals surface area contributed by atoms with Gasteiger partial charge >= 0.3 is 0 Å². The third-order valence-electron chi connectivity index (χ3n) is 3.66. The number of ether oxygens (including phenoxy) is 1. The Morgan fingerprint density at radius 1 is 1.35 bits per heavy atom. The number of rotatable bonds is 4. The standard InChI is InChI=1S/C16H26N2OS/c1-4-10-19-15-12-13(5-6-14(15)17)18-8-7-16(2,3)20-11-9-18/h5-6,12H,4,7-11,17H2,1-3H3. The van der Waals surface area contributed by atoms with Gasteiger partial charge in [-0.05, 0) is 25.0 Å². The summed E-state index contributed by atoms with van der Waals surface area (Å²) in [5.74, 6) is 1.99. The van der Waals surface area contributed by atoms with Gasteiger partial charge in [-0.1, -0.05) is 20.8 Å². The SMILES string of the molecule is CCCOc1cc(N2CCSC(C)(C)CC2)ccc1N. The Balaban J connectivity index is 2.11. The van der Waals surface area contributed by atoms with E-state index in [1.807, 2.05) is 6.07 Å². The Kier molecular flexibility index (Phi) is 5.08. The highest BCUT2D eigenvalue weighted by atomic mass is 32.2. The van der Waals surface area contributed by atoms with E-state index < -0.39 is 0 Å². The van der Waals surface area contributed by atoms with Crippen LogP contribution in [0.25, 0.3) is 0 Å². The number of hydrogen-bond donors (Lipinski definition) is 1. The summed E-state index contributed by atoms with van der Waals surface area (Å²) < 4.78 is 6.11. The van der Waals surface area contributed by atoms with Crippen molar-refractivity contribution < 1.29 is 4.74 Å². The van der Waals surface area contributed by atoms with Crippen LogP contribution in [0.4, 0.5) is 11.4 Å². The summed E-state index contributed by atoms with van der Waals surface area (Å²) >= 11 is 2.06. The molecule has 0 unspecified atom stereocenters. The number of hydrogen-bond acceptors (Lipinski definition) is 4. The van der Waals surface area contributed by atoms with Crippen LogP contribution >= 0.6 is 11.8 Å². The molecule has 0 aliphatic carbocycles. The van der Waals surface area contributed by atoms with Crippen LogP contribution in [0.1, 0.15) is 33.6 Å². The van der Waals surface area contributed by atoms with E-state index in [2.05, 4.69) is 49.6 Å². The quantitative estimate of drug-likeness (QED) is 0.858. The molecule has 20 heavy (non-hydrogen) atoms. The van der Waals surface area contributed by atoms with Crippen molar-refractivity contribution in [1.29, 1.82) is 0 Å².